The van der Waals surface area contributed by atoms with Gasteiger partial charge in [0.25, 0.3) is 5.91 Å². The van der Waals surface area contributed by atoms with Gasteiger partial charge >= 0.3 is 0 Å². The van der Waals surface area contributed by atoms with E-state index in [1.807, 2.05) is 0 Å². The maximum Gasteiger partial charge on any atom is 0.252 e. The Bertz CT molecular complexity index is 588. The Morgan fingerprint density at radius 3 is 2.71 bits per heavy atom. The molecule has 0 spiro atoms. The zero-order chi connectivity index (χ0) is 15.8. The molecule has 0 radical (unpaired) electrons. The number of nitrogens with two attached hydrogens (primary N) is 1. The lowest BCUT2D eigenvalue weighted by Gasteiger charge is -2.11. The first-order valence-corrected chi connectivity index (χ1v) is 6.42. The summed E-state index contributed by atoms with van der Waals surface area (Å²) in [5.41, 5.74) is 5.82. The number of nitrogens with zero attached hydrogens (tertiary/aromatic N) is 1. The summed E-state index contributed by atoms with van der Waals surface area (Å²) in [4.78, 5) is 24.9. The number of nitrogens with one attached hydrogen (secondary N) is 1. The van der Waals surface area contributed by atoms with Gasteiger partial charge in [-0.1, -0.05) is 11.8 Å². The molecule has 3 N–H and O–H groups in total. The smallest absolute Gasteiger partial charge is 0.252 e. The number of benzene rings is 1. The molecule has 2 amide bonds. The van der Waals surface area contributed by atoms with Crippen LogP contribution in [0.4, 0.5) is 4.39 Å². The van der Waals surface area contributed by atoms with Crippen LogP contribution in [0.3, 0.4) is 0 Å². The van der Waals surface area contributed by atoms with Crippen molar-refractivity contribution in [3.8, 4) is 11.8 Å². The van der Waals surface area contributed by atoms with Crippen molar-refractivity contribution < 1.29 is 14.0 Å². The maximum atomic E-state index is 13.3. The summed E-state index contributed by atoms with van der Waals surface area (Å²) >= 11 is 0. The molecule has 1 rings (SSSR count). The monoisotopic (exact) mass is 291 g/mol. The molecule has 0 heterocycles. The Labute approximate surface area is 123 Å². The predicted molar refractivity (Wildman–Crippen MR) is 78.0 cm³/mol. The number of carbonyl (C=O) groups is 2. The third-order valence-electron chi connectivity index (χ3n) is 2.67. The molecule has 112 valence electrons. The molecule has 0 aliphatic heterocycles. The van der Waals surface area contributed by atoms with Crippen LogP contribution in [0, 0.1) is 17.7 Å². The van der Waals surface area contributed by atoms with Crippen molar-refractivity contribution in [1.29, 1.82) is 0 Å². The van der Waals surface area contributed by atoms with Crippen LogP contribution in [0.2, 0.25) is 0 Å². The average molecular weight is 291 g/mol. The Hall–Kier alpha value is -2.39. The fourth-order valence-electron chi connectivity index (χ4n) is 1.56. The second kappa shape index (κ2) is 8.02. The number of amides is 2. The van der Waals surface area contributed by atoms with Crippen LogP contribution >= 0.6 is 0 Å². The Balaban J connectivity index is 2.77. The number of hydrogen-bond acceptors (Lipinski definition) is 3. The van der Waals surface area contributed by atoms with Gasteiger partial charge in [0.2, 0.25) is 5.91 Å². The second-order valence-corrected chi connectivity index (χ2v) is 4.49. The van der Waals surface area contributed by atoms with E-state index in [0.29, 0.717) is 5.56 Å². The molecule has 0 bridgehead atoms. The Kier molecular flexibility index (Phi) is 6.37. The van der Waals surface area contributed by atoms with Crippen molar-refractivity contribution in [2.75, 3.05) is 27.2 Å². The molecule has 0 fully saturated rings. The fourth-order valence-corrected chi connectivity index (χ4v) is 1.56. The largest absolute Gasteiger partial charge is 0.351 e. The number of rotatable bonds is 4. The van der Waals surface area contributed by atoms with E-state index < -0.39 is 11.7 Å². The van der Waals surface area contributed by atoms with Gasteiger partial charge in [-0.3, -0.25) is 9.59 Å². The van der Waals surface area contributed by atoms with Gasteiger partial charge < -0.3 is 16.0 Å². The molecule has 21 heavy (non-hydrogen) atoms. The zero-order valence-electron chi connectivity index (χ0n) is 12.1. The van der Waals surface area contributed by atoms with Gasteiger partial charge in [0, 0.05) is 32.6 Å². The molecule has 1 aromatic carbocycles. The van der Waals surface area contributed by atoms with Crippen molar-refractivity contribution in [2.45, 2.75) is 6.42 Å². The van der Waals surface area contributed by atoms with E-state index in [1.54, 1.807) is 14.1 Å². The molecular formula is C15H18FN3O2. The maximum absolute atomic E-state index is 13.3. The molecule has 0 atom stereocenters. The lowest BCUT2D eigenvalue weighted by atomic mass is 10.1. The summed E-state index contributed by atoms with van der Waals surface area (Å²) in [6.45, 7) is 0.325. The predicted octanol–water partition coefficient (Wildman–Crippen LogP) is 0.344. The minimum Gasteiger partial charge on any atom is -0.351 e. The van der Waals surface area contributed by atoms with Crippen LogP contribution < -0.4 is 11.1 Å². The van der Waals surface area contributed by atoms with Gasteiger partial charge in [-0.2, -0.15) is 0 Å². The highest BCUT2D eigenvalue weighted by Crippen LogP contribution is 2.10. The summed E-state index contributed by atoms with van der Waals surface area (Å²) in [5, 5.41) is 2.58. The van der Waals surface area contributed by atoms with Crippen LogP contribution in [0.15, 0.2) is 18.2 Å². The van der Waals surface area contributed by atoms with Crippen molar-refractivity contribution >= 4 is 11.8 Å². The molecule has 0 aromatic heterocycles. The van der Waals surface area contributed by atoms with E-state index in [1.165, 1.54) is 17.0 Å². The molecule has 0 aliphatic rings. The highest BCUT2D eigenvalue weighted by molar-refractivity contribution is 5.97. The highest BCUT2D eigenvalue weighted by Gasteiger charge is 2.12. The summed E-state index contributed by atoms with van der Waals surface area (Å²) in [6.07, 6.45) is 0.178. The molecule has 5 nitrogen and oxygen atoms in total. The Morgan fingerprint density at radius 1 is 1.38 bits per heavy atom. The third kappa shape index (κ3) is 5.24. The van der Waals surface area contributed by atoms with E-state index in [4.69, 9.17) is 5.73 Å². The number of halogens is 1. The Morgan fingerprint density at radius 2 is 2.10 bits per heavy atom. The quantitative estimate of drug-likeness (QED) is 0.786. The van der Waals surface area contributed by atoms with Gasteiger partial charge in [0.15, 0.2) is 0 Å². The minimum absolute atomic E-state index is 0.0994. The van der Waals surface area contributed by atoms with Crippen molar-refractivity contribution in [3.63, 3.8) is 0 Å². The molecule has 0 saturated carbocycles. The lowest BCUT2D eigenvalue weighted by Crippen LogP contribution is -2.30. The minimum atomic E-state index is -0.525. The van der Waals surface area contributed by atoms with Gasteiger partial charge in [0.1, 0.15) is 5.82 Å². The zero-order valence-corrected chi connectivity index (χ0v) is 12.1. The van der Waals surface area contributed by atoms with Crippen LogP contribution in [0.5, 0.6) is 0 Å². The normalized spacial score (nSPS) is 9.52. The average Bonchev–Trinajstić information content (AvgIpc) is 2.45. The van der Waals surface area contributed by atoms with Gasteiger partial charge in [-0.05, 0) is 18.2 Å². The first kappa shape index (κ1) is 16.7. The lowest BCUT2D eigenvalue weighted by molar-refractivity contribution is -0.128. The van der Waals surface area contributed by atoms with E-state index >= 15 is 0 Å². The van der Waals surface area contributed by atoms with Crippen LogP contribution in [-0.4, -0.2) is 43.9 Å². The van der Waals surface area contributed by atoms with Crippen molar-refractivity contribution in [3.05, 3.63) is 35.1 Å². The summed E-state index contributed by atoms with van der Waals surface area (Å²) < 4.78 is 13.3. The molecule has 0 aliphatic carbocycles. The van der Waals surface area contributed by atoms with Crippen LogP contribution in [-0.2, 0) is 4.79 Å². The van der Waals surface area contributed by atoms with Gasteiger partial charge in [0.05, 0.1) is 12.1 Å². The molecule has 1 aromatic rings. The van der Waals surface area contributed by atoms with E-state index in [2.05, 4.69) is 17.2 Å². The molecule has 0 unspecified atom stereocenters. The number of carbonyl (C=O) groups excluding carboxylic acids is 2. The first-order valence-electron chi connectivity index (χ1n) is 6.42. The molecule has 0 saturated heterocycles. The topological polar surface area (TPSA) is 75.4 Å². The number of hydrogen-bond donors (Lipinski definition) is 2. The van der Waals surface area contributed by atoms with E-state index in [9.17, 15) is 14.0 Å². The molecule has 6 heteroatoms. The standard InChI is InChI=1S/C15H18FN3O2/c1-19(2)14(20)7-9-18-15(21)13-10-12(16)6-5-11(13)4-3-8-17/h5-6,10H,7-9,17H2,1-2H3,(H,18,21). The van der Waals surface area contributed by atoms with Gasteiger partial charge in [-0.15, -0.1) is 0 Å². The summed E-state index contributed by atoms with van der Waals surface area (Å²) in [7, 11) is 3.27. The van der Waals surface area contributed by atoms with E-state index in [-0.39, 0.29) is 31.0 Å². The first-order chi connectivity index (χ1) is 9.95. The van der Waals surface area contributed by atoms with Crippen LogP contribution in [0.25, 0.3) is 0 Å². The van der Waals surface area contributed by atoms with Crippen molar-refractivity contribution in [2.24, 2.45) is 5.73 Å². The van der Waals surface area contributed by atoms with Crippen molar-refractivity contribution in [1.82, 2.24) is 10.2 Å². The summed E-state index contributed by atoms with van der Waals surface area (Å²) in [5.74, 6) is 4.25. The summed E-state index contributed by atoms with van der Waals surface area (Å²) in [6, 6.07) is 3.77. The second-order valence-electron chi connectivity index (χ2n) is 4.49. The highest BCUT2D eigenvalue weighted by atomic mass is 19.1. The third-order valence-corrected chi connectivity index (χ3v) is 2.67. The SMILES string of the molecule is CN(C)C(=O)CCNC(=O)c1cc(F)ccc1C#CCN. The molecular weight excluding hydrogens is 273 g/mol. The fraction of sp³-hybridized carbons (Fsp3) is 0.333. The van der Waals surface area contributed by atoms with E-state index in [0.717, 1.165) is 6.07 Å². The van der Waals surface area contributed by atoms with Crippen LogP contribution in [0.1, 0.15) is 22.3 Å². The van der Waals surface area contributed by atoms with Gasteiger partial charge in [-0.25, -0.2) is 4.39 Å².